The minimum absolute atomic E-state index is 0.0375. The Morgan fingerprint density at radius 1 is 1.28 bits per heavy atom. The molecule has 0 bridgehead atoms. The second kappa shape index (κ2) is 8.23. The molecule has 1 atom stereocenters. The predicted molar refractivity (Wildman–Crippen MR) is 110 cm³/mol. The highest BCUT2D eigenvalue weighted by Crippen LogP contribution is 2.39. The summed E-state index contributed by atoms with van der Waals surface area (Å²) in [5, 5.41) is 9.72. The van der Waals surface area contributed by atoms with E-state index in [9.17, 15) is 14.7 Å². The van der Waals surface area contributed by atoms with Gasteiger partial charge in [0.15, 0.2) is 0 Å². The monoisotopic (exact) mass is 396 g/mol. The van der Waals surface area contributed by atoms with Gasteiger partial charge in [-0.25, -0.2) is 0 Å². The Kier molecular flexibility index (Phi) is 5.91. The lowest BCUT2D eigenvalue weighted by Gasteiger charge is -2.28. The molecular weight excluding hydrogens is 368 g/mol. The maximum atomic E-state index is 13.1. The first-order valence-electron chi connectivity index (χ1n) is 9.90. The minimum Gasteiger partial charge on any atom is -0.488 e. The van der Waals surface area contributed by atoms with Gasteiger partial charge in [-0.2, -0.15) is 0 Å². The highest BCUT2D eigenvalue weighted by molar-refractivity contribution is 5.95. The number of aliphatic carboxylic acids is 1. The van der Waals surface area contributed by atoms with Gasteiger partial charge in [0, 0.05) is 36.6 Å². The van der Waals surface area contributed by atoms with Crippen molar-refractivity contribution in [3.63, 3.8) is 0 Å². The first kappa shape index (κ1) is 20.8. The molecule has 1 amide bonds. The first-order valence-corrected chi connectivity index (χ1v) is 9.90. The zero-order chi connectivity index (χ0) is 21.2. The van der Waals surface area contributed by atoms with Gasteiger partial charge in [0.25, 0.3) is 5.91 Å². The fourth-order valence-corrected chi connectivity index (χ4v) is 4.02. The third-order valence-corrected chi connectivity index (χ3v) is 5.93. The lowest BCUT2D eigenvalue weighted by atomic mass is 9.76. The van der Waals surface area contributed by atoms with Crippen LogP contribution in [0.1, 0.15) is 47.3 Å². The number of carboxylic acid groups (broad SMARTS) is 1. The van der Waals surface area contributed by atoms with Gasteiger partial charge >= 0.3 is 5.97 Å². The number of hydrogen-bond donors (Lipinski definition) is 1. The second-order valence-corrected chi connectivity index (χ2v) is 8.18. The zero-order valence-electron chi connectivity index (χ0n) is 17.4. The molecule has 1 aromatic carbocycles. The van der Waals surface area contributed by atoms with Crippen molar-refractivity contribution in [1.29, 1.82) is 0 Å². The van der Waals surface area contributed by atoms with Gasteiger partial charge in [0.1, 0.15) is 12.4 Å². The minimum atomic E-state index is -0.869. The Balaban J connectivity index is 1.76. The molecule has 1 fully saturated rings. The normalized spacial score (nSPS) is 18.9. The summed E-state index contributed by atoms with van der Waals surface area (Å²) in [4.78, 5) is 30.7. The van der Waals surface area contributed by atoms with Gasteiger partial charge in [-0.15, -0.1) is 0 Å². The number of carbonyl (C=O) groups is 2. The Labute approximate surface area is 171 Å². The number of amides is 1. The maximum absolute atomic E-state index is 13.1. The molecular formula is C23H28N2O4. The van der Waals surface area contributed by atoms with Crippen LogP contribution in [0.4, 0.5) is 0 Å². The highest BCUT2D eigenvalue weighted by atomic mass is 16.5. The number of pyridine rings is 1. The lowest BCUT2D eigenvalue weighted by molar-refractivity contribution is -0.150. The van der Waals surface area contributed by atoms with Gasteiger partial charge in [-0.05, 0) is 55.5 Å². The van der Waals surface area contributed by atoms with E-state index in [4.69, 9.17) is 4.74 Å². The van der Waals surface area contributed by atoms with E-state index in [0.29, 0.717) is 25.1 Å². The third kappa shape index (κ3) is 4.11. The Morgan fingerprint density at radius 2 is 1.97 bits per heavy atom. The number of aryl methyl sites for hydroxylation is 2. The molecule has 1 N–H and O–H groups in total. The molecule has 1 saturated heterocycles. The highest BCUT2D eigenvalue weighted by Gasteiger charge is 2.48. The summed E-state index contributed by atoms with van der Waals surface area (Å²) in [6.45, 7) is 8.76. The number of hydrogen-bond acceptors (Lipinski definition) is 4. The molecule has 0 aliphatic carbocycles. The van der Waals surface area contributed by atoms with Crippen molar-refractivity contribution < 1.29 is 19.4 Å². The van der Waals surface area contributed by atoms with Crippen LogP contribution in [-0.2, 0) is 11.4 Å². The molecule has 3 rings (SSSR count). The number of rotatable bonds is 6. The van der Waals surface area contributed by atoms with E-state index in [2.05, 4.69) is 4.98 Å². The van der Waals surface area contributed by atoms with Crippen molar-refractivity contribution in [2.75, 3.05) is 13.1 Å². The molecule has 0 saturated carbocycles. The standard InChI is InChI=1S/C23H28N2O4/c1-15(2)23(22(27)28)7-9-25(14-23)21(26)19-10-16(3)20(17(4)11-19)29-13-18-6-5-8-24-12-18/h5-6,8,10-12,15H,7,9,13-14H2,1-4H3,(H,27,28). The molecule has 1 unspecified atom stereocenters. The molecule has 29 heavy (non-hydrogen) atoms. The van der Waals surface area contributed by atoms with Gasteiger partial charge < -0.3 is 14.7 Å². The van der Waals surface area contributed by atoms with Gasteiger partial charge in [0.05, 0.1) is 5.41 Å². The first-order chi connectivity index (χ1) is 13.7. The molecule has 0 spiro atoms. The topological polar surface area (TPSA) is 79.7 Å². The van der Waals surface area contributed by atoms with Crippen molar-refractivity contribution in [2.45, 2.75) is 40.7 Å². The summed E-state index contributed by atoms with van der Waals surface area (Å²) >= 11 is 0. The molecule has 2 aromatic rings. The molecule has 1 aliphatic rings. The van der Waals surface area contributed by atoms with Gasteiger partial charge in [-0.3, -0.25) is 14.6 Å². The van der Waals surface area contributed by atoms with Gasteiger partial charge in [0.2, 0.25) is 0 Å². The van der Waals surface area contributed by atoms with Crippen LogP contribution in [-0.4, -0.2) is 40.0 Å². The number of carboxylic acids is 1. The Bertz CT molecular complexity index is 887. The van der Waals surface area contributed by atoms with Crippen molar-refractivity contribution >= 4 is 11.9 Å². The molecule has 1 aromatic heterocycles. The summed E-state index contributed by atoms with van der Waals surface area (Å²) in [6.07, 6.45) is 3.96. The number of carbonyl (C=O) groups excluding carboxylic acids is 1. The summed E-state index contributed by atoms with van der Waals surface area (Å²) in [7, 11) is 0. The van der Waals surface area contributed by atoms with Crippen LogP contribution < -0.4 is 4.74 Å². The van der Waals surface area contributed by atoms with E-state index < -0.39 is 11.4 Å². The van der Waals surface area contributed by atoms with Crippen molar-refractivity contribution in [1.82, 2.24) is 9.88 Å². The predicted octanol–water partition coefficient (Wildman–Crippen LogP) is 3.85. The Morgan fingerprint density at radius 3 is 2.48 bits per heavy atom. The van der Waals surface area contributed by atoms with Crippen molar-refractivity contribution in [3.8, 4) is 5.75 Å². The average molecular weight is 396 g/mol. The van der Waals surface area contributed by atoms with Crippen LogP contribution >= 0.6 is 0 Å². The van der Waals surface area contributed by atoms with E-state index in [-0.39, 0.29) is 18.4 Å². The van der Waals surface area contributed by atoms with E-state index in [1.54, 1.807) is 17.3 Å². The quantitative estimate of drug-likeness (QED) is 0.802. The molecule has 154 valence electrons. The van der Waals surface area contributed by atoms with Gasteiger partial charge in [-0.1, -0.05) is 19.9 Å². The van der Waals surface area contributed by atoms with Crippen molar-refractivity contribution in [2.24, 2.45) is 11.3 Å². The lowest BCUT2D eigenvalue weighted by Crippen LogP contribution is -2.40. The molecule has 6 nitrogen and oxygen atoms in total. The fraction of sp³-hybridized carbons (Fsp3) is 0.435. The Hall–Kier alpha value is -2.89. The summed E-state index contributed by atoms with van der Waals surface area (Å²) in [5.74, 6) is -0.230. The number of aromatic nitrogens is 1. The van der Waals surface area contributed by atoms with Crippen molar-refractivity contribution in [3.05, 3.63) is 58.9 Å². The number of ether oxygens (including phenoxy) is 1. The second-order valence-electron chi connectivity index (χ2n) is 8.18. The van der Waals surface area contributed by atoms with E-state index in [0.717, 1.165) is 22.4 Å². The molecule has 6 heteroatoms. The molecule has 1 aliphatic heterocycles. The smallest absolute Gasteiger partial charge is 0.311 e. The summed E-state index contributed by atoms with van der Waals surface area (Å²) in [5.41, 5.74) is 2.43. The average Bonchev–Trinajstić information content (AvgIpc) is 3.14. The molecule has 0 radical (unpaired) electrons. The number of benzene rings is 1. The number of nitrogens with zero attached hydrogens (tertiary/aromatic N) is 2. The van der Waals surface area contributed by atoms with Crippen LogP contribution in [0.15, 0.2) is 36.7 Å². The summed E-state index contributed by atoms with van der Waals surface area (Å²) in [6, 6.07) is 7.46. The van der Waals surface area contributed by atoms with E-state index in [1.807, 2.05) is 52.0 Å². The van der Waals surface area contributed by atoms with Crippen LogP contribution in [0.2, 0.25) is 0 Å². The van der Waals surface area contributed by atoms with E-state index >= 15 is 0 Å². The van der Waals surface area contributed by atoms with Crippen LogP contribution in [0.3, 0.4) is 0 Å². The largest absolute Gasteiger partial charge is 0.488 e. The zero-order valence-corrected chi connectivity index (χ0v) is 17.4. The van der Waals surface area contributed by atoms with Crippen LogP contribution in [0.25, 0.3) is 0 Å². The number of likely N-dealkylation sites (tertiary alicyclic amines) is 1. The van der Waals surface area contributed by atoms with Crippen LogP contribution in [0.5, 0.6) is 5.75 Å². The van der Waals surface area contributed by atoms with Crippen LogP contribution in [0, 0.1) is 25.2 Å². The third-order valence-electron chi connectivity index (χ3n) is 5.93. The summed E-state index contributed by atoms with van der Waals surface area (Å²) < 4.78 is 5.97. The van der Waals surface area contributed by atoms with E-state index in [1.165, 1.54) is 0 Å². The maximum Gasteiger partial charge on any atom is 0.311 e. The molecule has 2 heterocycles. The fourth-order valence-electron chi connectivity index (χ4n) is 4.02. The SMILES string of the molecule is Cc1cc(C(=O)N2CCC(C(=O)O)(C(C)C)C2)cc(C)c1OCc1cccnc1.